The molecule has 1 fully saturated rings. The number of halogens is 1. The van der Waals surface area contributed by atoms with Crippen LogP contribution in [0.1, 0.15) is 24.0 Å². The number of piperidine rings is 1. The molecule has 2 aromatic rings. The first-order valence-corrected chi connectivity index (χ1v) is 8.27. The standard InChI is InChI=1S/C19H24FN3/c20-17-6-4-15(5-7-17)14-23(18-8-10-22-11-9-18)19-3-1-2-16(12-19)13-21/h1-7,12,18,22H,8-11,13-14,21H2. The maximum absolute atomic E-state index is 13.2. The fourth-order valence-electron chi connectivity index (χ4n) is 3.20. The number of rotatable bonds is 5. The molecule has 0 amide bonds. The Balaban J connectivity index is 1.87. The molecule has 0 bridgehead atoms. The molecule has 1 aliphatic rings. The highest BCUT2D eigenvalue weighted by atomic mass is 19.1. The molecule has 3 N–H and O–H groups in total. The SMILES string of the molecule is NCc1cccc(N(Cc2ccc(F)cc2)C2CCNCC2)c1. The molecular weight excluding hydrogens is 289 g/mol. The van der Waals surface area contributed by atoms with Crippen molar-refractivity contribution in [2.75, 3.05) is 18.0 Å². The summed E-state index contributed by atoms with van der Waals surface area (Å²) in [5, 5.41) is 3.42. The van der Waals surface area contributed by atoms with Crippen molar-refractivity contribution < 1.29 is 4.39 Å². The zero-order valence-corrected chi connectivity index (χ0v) is 13.3. The predicted molar refractivity (Wildman–Crippen MR) is 92.8 cm³/mol. The summed E-state index contributed by atoms with van der Waals surface area (Å²) in [6.45, 7) is 3.42. The van der Waals surface area contributed by atoms with Crippen LogP contribution in [0.3, 0.4) is 0 Å². The van der Waals surface area contributed by atoms with Crippen LogP contribution >= 0.6 is 0 Å². The number of hydrogen-bond donors (Lipinski definition) is 2. The molecule has 2 aromatic carbocycles. The summed E-state index contributed by atoms with van der Waals surface area (Å²) in [5.74, 6) is -0.188. The van der Waals surface area contributed by atoms with Gasteiger partial charge in [-0.15, -0.1) is 0 Å². The molecule has 0 atom stereocenters. The third kappa shape index (κ3) is 4.09. The summed E-state index contributed by atoms with van der Waals surface area (Å²) in [4.78, 5) is 2.44. The topological polar surface area (TPSA) is 41.3 Å². The van der Waals surface area contributed by atoms with E-state index in [1.165, 1.54) is 17.8 Å². The van der Waals surface area contributed by atoms with Crippen LogP contribution in [-0.2, 0) is 13.1 Å². The van der Waals surface area contributed by atoms with Crippen molar-refractivity contribution in [3.05, 3.63) is 65.5 Å². The van der Waals surface area contributed by atoms with Gasteiger partial charge in [-0.2, -0.15) is 0 Å². The Labute approximate surface area is 137 Å². The molecule has 0 aromatic heterocycles. The maximum atomic E-state index is 13.2. The van der Waals surface area contributed by atoms with Crippen molar-refractivity contribution >= 4 is 5.69 Å². The summed E-state index contributed by atoms with van der Waals surface area (Å²) in [7, 11) is 0. The molecule has 3 rings (SSSR count). The molecule has 1 heterocycles. The highest BCUT2D eigenvalue weighted by Crippen LogP contribution is 2.25. The smallest absolute Gasteiger partial charge is 0.123 e. The number of benzene rings is 2. The van der Waals surface area contributed by atoms with E-state index in [9.17, 15) is 4.39 Å². The minimum Gasteiger partial charge on any atom is -0.364 e. The second-order valence-corrected chi connectivity index (χ2v) is 6.11. The van der Waals surface area contributed by atoms with E-state index in [-0.39, 0.29) is 5.82 Å². The van der Waals surface area contributed by atoms with Gasteiger partial charge in [0, 0.05) is 24.8 Å². The van der Waals surface area contributed by atoms with Crippen LogP contribution in [0.2, 0.25) is 0 Å². The van der Waals surface area contributed by atoms with Gasteiger partial charge in [0.1, 0.15) is 5.82 Å². The van der Waals surface area contributed by atoms with E-state index in [2.05, 4.69) is 34.5 Å². The van der Waals surface area contributed by atoms with Crippen molar-refractivity contribution in [1.29, 1.82) is 0 Å². The number of anilines is 1. The van der Waals surface area contributed by atoms with Crippen LogP contribution in [0.25, 0.3) is 0 Å². The van der Waals surface area contributed by atoms with Crippen molar-refractivity contribution in [3.63, 3.8) is 0 Å². The Morgan fingerprint density at radius 3 is 2.48 bits per heavy atom. The monoisotopic (exact) mass is 313 g/mol. The molecule has 4 heteroatoms. The molecule has 1 aliphatic heterocycles. The summed E-state index contributed by atoms with van der Waals surface area (Å²) >= 11 is 0. The molecule has 0 radical (unpaired) electrons. The van der Waals surface area contributed by atoms with Gasteiger partial charge in [-0.3, -0.25) is 0 Å². The Bertz CT molecular complexity index is 621. The minimum absolute atomic E-state index is 0.188. The van der Waals surface area contributed by atoms with E-state index in [0.29, 0.717) is 12.6 Å². The largest absolute Gasteiger partial charge is 0.364 e. The quantitative estimate of drug-likeness (QED) is 0.891. The average molecular weight is 313 g/mol. The molecule has 3 nitrogen and oxygen atoms in total. The second kappa shape index (κ2) is 7.57. The lowest BCUT2D eigenvalue weighted by atomic mass is 10.0. The van der Waals surface area contributed by atoms with Crippen molar-refractivity contribution in [3.8, 4) is 0 Å². The molecule has 122 valence electrons. The predicted octanol–water partition coefficient (Wildman–Crippen LogP) is 3.04. The van der Waals surface area contributed by atoms with E-state index in [1.54, 1.807) is 0 Å². The van der Waals surface area contributed by atoms with Gasteiger partial charge in [-0.25, -0.2) is 4.39 Å². The zero-order valence-electron chi connectivity index (χ0n) is 13.3. The summed E-state index contributed by atoms with van der Waals surface area (Å²) in [5.41, 5.74) is 9.26. The van der Waals surface area contributed by atoms with Gasteiger partial charge >= 0.3 is 0 Å². The molecular formula is C19H24FN3. The number of nitrogens with zero attached hydrogens (tertiary/aromatic N) is 1. The molecule has 0 saturated carbocycles. The first kappa shape index (κ1) is 16.0. The molecule has 0 unspecified atom stereocenters. The Morgan fingerprint density at radius 1 is 1.04 bits per heavy atom. The van der Waals surface area contributed by atoms with E-state index in [1.807, 2.05) is 12.1 Å². The number of nitrogens with two attached hydrogens (primary N) is 1. The van der Waals surface area contributed by atoms with Crippen molar-refractivity contribution in [1.82, 2.24) is 5.32 Å². The van der Waals surface area contributed by atoms with Gasteiger partial charge in [0.2, 0.25) is 0 Å². The summed E-state index contributed by atoms with van der Waals surface area (Å²) in [6, 6.07) is 15.7. The fraction of sp³-hybridized carbons (Fsp3) is 0.368. The van der Waals surface area contributed by atoms with Gasteiger partial charge in [0.05, 0.1) is 0 Å². The summed E-state index contributed by atoms with van der Waals surface area (Å²) < 4.78 is 13.2. The van der Waals surface area contributed by atoms with E-state index < -0.39 is 0 Å². The van der Waals surface area contributed by atoms with Crippen LogP contribution in [0, 0.1) is 5.82 Å². The first-order chi connectivity index (χ1) is 11.3. The number of nitrogens with one attached hydrogen (secondary N) is 1. The first-order valence-electron chi connectivity index (χ1n) is 8.27. The van der Waals surface area contributed by atoms with Crippen molar-refractivity contribution in [2.45, 2.75) is 32.0 Å². The lowest BCUT2D eigenvalue weighted by molar-refractivity contribution is 0.428. The Kier molecular flexibility index (Phi) is 5.26. The third-order valence-corrected chi connectivity index (χ3v) is 4.49. The average Bonchev–Trinajstić information content (AvgIpc) is 2.62. The van der Waals surface area contributed by atoms with Crippen LogP contribution < -0.4 is 16.0 Å². The van der Waals surface area contributed by atoms with Crippen LogP contribution in [-0.4, -0.2) is 19.1 Å². The lowest BCUT2D eigenvalue weighted by Gasteiger charge is -2.37. The van der Waals surface area contributed by atoms with Gasteiger partial charge < -0.3 is 16.0 Å². The van der Waals surface area contributed by atoms with Crippen LogP contribution in [0.4, 0.5) is 10.1 Å². The highest BCUT2D eigenvalue weighted by Gasteiger charge is 2.21. The molecule has 0 spiro atoms. The molecule has 23 heavy (non-hydrogen) atoms. The van der Waals surface area contributed by atoms with Gasteiger partial charge in [-0.05, 0) is 61.3 Å². The summed E-state index contributed by atoms with van der Waals surface area (Å²) in [6.07, 6.45) is 2.24. The number of hydrogen-bond acceptors (Lipinski definition) is 3. The molecule has 1 saturated heterocycles. The van der Waals surface area contributed by atoms with Crippen LogP contribution in [0.5, 0.6) is 0 Å². The second-order valence-electron chi connectivity index (χ2n) is 6.11. The van der Waals surface area contributed by atoms with Crippen molar-refractivity contribution in [2.24, 2.45) is 5.73 Å². The minimum atomic E-state index is -0.188. The normalized spacial score (nSPS) is 15.6. The van der Waals surface area contributed by atoms with Crippen LogP contribution in [0.15, 0.2) is 48.5 Å². The molecule has 0 aliphatic carbocycles. The maximum Gasteiger partial charge on any atom is 0.123 e. The third-order valence-electron chi connectivity index (χ3n) is 4.49. The fourth-order valence-corrected chi connectivity index (χ4v) is 3.20. The Morgan fingerprint density at radius 2 is 1.78 bits per heavy atom. The lowest BCUT2D eigenvalue weighted by Crippen LogP contribution is -2.43. The zero-order chi connectivity index (χ0) is 16.1. The van der Waals surface area contributed by atoms with Gasteiger partial charge in [0.15, 0.2) is 0 Å². The highest BCUT2D eigenvalue weighted by molar-refractivity contribution is 5.50. The van der Waals surface area contributed by atoms with Gasteiger partial charge in [0.25, 0.3) is 0 Å². The Hall–Kier alpha value is -1.91. The van der Waals surface area contributed by atoms with E-state index in [4.69, 9.17) is 5.73 Å². The van der Waals surface area contributed by atoms with Gasteiger partial charge in [-0.1, -0.05) is 24.3 Å². The van der Waals surface area contributed by atoms with E-state index in [0.717, 1.165) is 43.6 Å². The van der Waals surface area contributed by atoms with E-state index >= 15 is 0 Å².